The Morgan fingerprint density at radius 1 is 1.21 bits per heavy atom. The van der Waals surface area contributed by atoms with Gasteiger partial charge in [-0.25, -0.2) is 13.6 Å². The highest BCUT2D eigenvalue weighted by atomic mass is 32.2. The molecule has 3 aromatic rings. The smallest absolute Gasteiger partial charge is 0.387 e. The molecule has 0 amide bonds. The molecule has 1 unspecified atom stereocenters. The molecule has 0 aliphatic carbocycles. The van der Waals surface area contributed by atoms with E-state index < -0.39 is 22.7 Å². The van der Waals surface area contributed by atoms with Gasteiger partial charge in [-0.3, -0.25) is 0 Å². The summed E-state index contributed by atoms with van der Waals surface area (Å²) in [7, 11) is -2.15. The predicted molar refractivity (Wildman–Crippen MR) is 123 cm³/mol. The van der Waals surface area contributed by atoms with Gasteiger partial charge in [0.05, 0.1) is 22.8 Å². The van der Waals surface area contributed by atoms with Crippen molar-refractivity contribution in [2.24, 2.45) is 5.14 Å². The van der Waals surface area contributed by atoms with Crippen molar-refractivity contribution in [3.05, 3.63) is 75.5 Å². The number of alkyl halides is 2. The van der Waals surface area contributed by atoms with Gasteiger partial charge in [0, 0.05) is 17.6 Å². The van der Waals surface area contributed by atoms with Crippen LogP contribution in [0.15, 0.2) is 54.6 Å². The van der Waals surface area contributed by atoms with E-state index >= 15 is 0 Å². The summed E-state index contributed by atoms with van der Waals surface area (Å²) in [4.78, 5) is 1.85. The van der Waals surface area contributed by atoms with Gasteiger partial charge in [0.2, 0.25) is 10.0 Å². The Morgan fingerprint density at radius 3 is 2.76 bits per heavy atom. The minimum atomic E-state index is -3.76. The standard InChI is InChI=1S/C23H21F2NO5S2/c1-29-11-3-4-15-8-10-20(32-15)22-17-12-14(13-33(26,27)28)7-9-16(17)21-18(30-22)5-2-6-19(21)31-23(24)25/h2-10,12,22-23H,11,13H2,1H3,(H2,26,27,28)/b4-3+. The van der Waals surface area contributed by atoms with Crippen LogP contribution in [0.2, 0.25) is 0 Å². The molecule has 0 radical (unpaired) electrons. The third-order valence-corrected chi connectivity index (χ3v) is 6.76. The van der Waals surface area contributed by atoms with Crippen molar-refractivity contribution >= 4 is 27.4 Å². The highest BCUT2D eigenvalue weighted by Crippen LogP contribution is 2.50. The molecule has 2 heterocycles. The van der Waals surface area contributed by atoms with Crippen LogP contribution in [-0.4, -0.2) is 28.7 Å². The molecule has 0 bridgehead atoms. The first-order valence-electron chi connectivity index (χ1n) is 9.88. The molecule has 2 N–H and O–H groups in total. The Hall–Kier alpha value is -2.79. The summed E-state index contributed by atoms with van der Waals surface area (Å²) in [5, 5.41) is 5.23. The number of sulfonamides is 1. The zero-order valence-electron chi connectivity index (χ0n) is 17.5. The average molecular weight is 494 g/mol. The number of nitrogens with two attached hydrogens (primary N) is 1. The Morgan fingerprint density at radius 2 is 2.03 bits per heavy atom. The lowest BCUT2D eigenvalue weighted by atomic mass is 9.90. The molecule has 10 heteroatoms. The lowest BCUT2D eigenvalue weighted by molar-refractivity contribution is -0.0496. The quantitative estimate of drug-likeness (QED) is 0.480. The molecule has 174 valence electrons. The molecule has 1 aromatic heterocycles. The fourth-order valence-corrected chi connectivity index (χ4v) is 5.34. The number of halogens is 2. The largest absolute Gasteiger partial charge is 0.479 e. The predicted octanol–water partition coefficient (Wildman–Crippen LogP) is 4.95. The van der Waals surface area contributed by atoms with Crippen molar-refractivity contribution in [3.8, 4) is 22.6 Å². The normalized spacial score (nSPS) is 15.4. The van der Waals surface area contributed by atoms with Crippen LogP contribution >= 0.6 is 11.3 Å². The van der Waals surface area contributed by atoms with Crippen LogP contribution in [0.25, 0.3) is 17.2 Å². The van der Waals surface area contributed by atoms with Crippen molar-refractivity contribution in [1.82, 2.24) is 0 Å². The summed E-state index contributed by atoms with van der Waals surface area (Å²) in [5.41, 5.74) is 2.13. The molecule has 0 fully saturated rings. The van der Waals surface area contributed by atoms with Gasteiger partial charge in [0.25, 0.3) is 0 Å². The molecular weight excluding hydrogens is 472 g/mol. The van der Waals surface area contributed by atoms with E-state index in [4.69, 9.17) is 19.3 Å². The fourth-order valence-electron chi connectivity index (χ4n) is 3.71. The number of methoxy groups -OCH3 is 1. The Labute approximate surface area is 194 Å². The van der Waals surface area contributed by atoms with E-state index in [1.165, 1.54) is 17.4 Å². The van der Waals surface area contributed by atoms with Crippen LogP contribution in [0.1, 0.15) is 27.0 Å². The van der Waals surface area contributed by atoms with Gasteiger partial charge >= 0.3 is 6.61 Å². The summed E-state index contributed by atoms with van der Waals surface area (Å²) in [6, 6.07) is 13.6. The Kier molecular flexibility index (Phi) is 6.80. The van der Waals surface area contributed by atoms with Crippen molar-refractivity contribution in [2.75, 3.05) is 13.7 Å². The van der Waals surface area contributed by atoms with Gasteiger partial charge < -0.3 is 14.2 Å². The molecule has 33 heavy (non-hydrogen) atoms. The van der Waals surface area contributed by atoms with Crippen LogP contribution in [0.4, 0.5) is 8.78 Å². The minimum Gasteiger partial charge on any atom is -0.479 e. The second kappa shape index (κ2) is 9.60. The number of primary sulfonamides is 1. The molecule has 2 aromatic carbocycles. The van der Waals surface area contributed by atoms with Crippen molar-refractivity contribution in [2.45, 2.75) is 18.5 Å². The van der Waals surface area contributed by atoms with E-state index in [1.54, 1.807) is 37.4 Å². The fraction of sp³-hybridized carbons (Fsp3) is 0.217. The van der Waals surface area contributed by atoms with E-state index in [2.05, 4.69) is 0 Å². The SMILES string of the molecule is COC/C=C/c1ccc(C2Oc3cccc(OC(F)F)c3-c3ccc(CS(N)(=O)=O)cc32)s1. The van der Waals surface area contributed by atoms with Crippen molar-refractivity contribution in [1.29, 1.82) is 0 Å². The highest BCUT2D eigenvalue weighted by molar-refractivity contribution is 7.88. The maximum absolute atomic E-state index is 13.0. The molecule has 1 aliphatic heterocycles. The number of fused-ring (bicyclic) bond motifs is 3. The van der Waals surface area contributed by atoms with Gasteiger partial charge in [0.1, 0.15) is 11.5 Å². The summed E-state index contributed by atoms with van der Waals surface area (Å²) in [5.74, 6) is 0.0234. The summed E-state index contributed by atoms with van der Waals surface area (Å²) < 4.78 is 65.4. The zero-order chi connectivity index (χ0) is 23.6. The van der Waals surface area contributed by atoms with Crippen LogP contribution in [0.5, 0.6) is 11.5 Å². The monoisotopic (exact) mass is 493 g/mol. The number of ether oxygens (including phenoxy) is 3. The topological polar surface area (TPSA) is 87.8 Å². The number of hydrogen-bond acceptors (Lipinski definition) is 6. The molecule has 0 spiro atoms. The van der Waals surface area contributed by atoms with Crippen molar-refractivity contribution in [3.63, 3.8) is 0 Å². The van der Waals surface area contributed by atoms with E-state index in [1.807, 2.05) is 24.3 Å². The van der Waals surface area contributed by atoms with Crippen LogP contribution in [0.3, 0.4) is 0 Å². The first kappa shape index (κ1) is 23.4. The Balaban J connectivity index is 1.82. The second-order valence-corrected chi connectivity index (χ2v) is 10.1. The van der Waals surface area contributed by atoms with Crippen molar-refractivity contribution < 1.29 is 31.4 Å². The number of thiophene rings is 1. The number of hydrogen-bond donors (Lipinski definition) is 1. The Bertz CT molecular complexity index is 1290. The van der Waals surface area contributed by atoms with Gasteiger partial charge in [-0.1, -0.05) is 30.3 Å². The molecular formula is C23H21F2NO5S2. The van der Waals surface area contributed by atoms with Gasteiger partial charge in [-0.2, -0.15) is 8.78 Å². The lowest BCUT2D eigenvalue weighted by Gasteiger charge is -2.30. The third-order valence-electron chi connectivity index (χ3n) is 4.94. The molecule has 6 nitrogen and oxygen atoms in total. The highest BCUT2D eigenvalue weighted by Gasteiger charge is 2.31. The molecule has 4 rings (SSSR count). The van der Waals surface area contributed by atoms with E-state index in [9.17, 15) is 17.2 Å². The summed E-state index contributed by atoms with van der Waals surface area (Å²) in [6.45, 7) is -2.52. The number of benzene rings is 2. The second-order valence-electron chi connectivity index (χ2n) is 7.33. The van der Waals surface area contributed by atoms with Crippen LogP contribution in [-0.2, 0) is 20.5 Å². The molecule has 1 aliphatic rings. The number of rotatable bonds is 8. The zero-order valence-corrected chi connectivity index (χ0v) is 19.2. The summed E-state index contributed by atoms with van der Waals surface area (Å²) in [6.07, 6.45) is 3.25. The molecule has 0 saturated heterocycles. The third kappa shape index (κ3) is 5.41. The average Bonchev–Trinajstić information content (AvgIpc) is 3.20. The van der Waals surface area contributed by atoms with E-state index in [0.29, 0.717) is 34.6 Å². The first-order valence-corrected chi connectivity index (χ1v) is 12.4. The molecule has 1 atom stereocenters. The van der Waals surface area contributed by atoms with Gasteiger partial charge in [-0.15, -0.1) is 11.3 Å². The summed E-state index contributed by atoms with van der Waals surface area (Å²) >= 11 is 1.50. The van der Waals surface area contributed by atoms with Crippen LogP contribution < -0.4 is 14.6 Å². The van der Waals surface area contributed by atoms with Gasteiger partial charge in [-0.05, 0) is 41.5 Å². The van der Waals surface area contributed by atoms with E-state index in [0.717, 1.165) is 9.75 Å². The molecule has 0 saturated carbocycles. The van der Waals surface area contributed by atoms with E-state index in [-0.39, 0.29) is 11.5 Å². The maximum Gasteiger partial charge on any atom is 0.387 e. The minimum absolute atomic E-state index is 0.0178. The lowest BCUT2D eigenvalue weighted by Crippen LogP contribution is -2.18. The first-order chi connectivity index (χ1) is 15.7. The van der Waals surface area contributed by atoms with Gasteiger partial charge in [0.15, 0.2) is 6.10 Å². The van der Waals surface area contributed by atoms with Crippen LogP contribution in [0, 0.1) is 0 Å². The maximum atomic E-state index is 13.0.